The topological polar surface area (TPSA) is 38.0 Å². The molecule has 6 heteroatoms. The van der Waals surface area contributed by atoms with Gasteiger partial charge in [-0.05, 0) is 24.6 Å². The fraction of sp³-hybridized carbons (Fsp3) is 0.625. The van der Waals surface area contributed by atoms with Crippen LogP contribution in [0.1, 0.15) is 11.4 Å². The van der Waals surface area contributed by atoms with Gasteiger partial charge in [-0.15, -0.1) is 0 Å². The van der Waals surface area contributed by atoms with Crippen LogP contribution in [0.4, 0.5) is 8.78 Å². The highest BCUT2D eigenvalue weighted by Crippen LogP contribution is 2.25. The SMILES string of the molecule is Cc1cc(CC(O)C(F)(F)Cl)n(C)n1. The lowest BCUT2D eigenvalue weighted by Gasteiger charge is -2.15. The largest absolute Gasteiger partial charge is 0.385 e. The first-order valence-electron chi connectivity index (χ1n) is 4.05. The summed E-state index contributed by atoms with van der Waals surface area (Å²) in [6.45, 7) is 1.74. The van der Waals surface area contributed by atoms with Crippen molar-refractivity contribution < 1.29 is 13.9 Å². The molecule has 0 radical (unpaired) electrons. The number of nitrogens with zero attached hydrogens (tertiary/aromatic N) is 2. The van der Waals surface area contributed by atoms with Gasteiger partial charge in [0, 0.05) is 19.2 Å². The average Bonchev–Trinajstić information content (AvgIpc) is 2.28. The molecule has 0 aliphatic heterocycles. The molecule has 1 aromatic heterocycles. The van der Waals surface area contributed by atoms with Crippen LogP contribution in [0, 0.1) is 6.92 Å². The first kappa shape index (κ1) is 11.4. The lowest BCUT2D eigenvalue weighted by atomic mass is 10.2. The highest BCUT2D eigenvalue weighted by Gasteiger charge is 2.36. The van der Waals surface area contributed by atoms with Crippen molar-refractivity contribution in [3.05, 3.63) is 17.5 Å². The number of hydrogen-bond acceptors (Lipinski definition) is 2. The average molecular weight is 225 g/mol. The number of aliphatic hydroxyl groups is 1. The summed E-state index contributed by atoms with van der Waals surface area (Å²) >= 11 is 4.68. The molecule has 0 bridgehead atoms. The molecule has 0 fully saturated rings. The molecule has 14 heavy (non-hydrogen) atoms. The predicted molar refractivity (Wildman–Crippen MR) is 48.5 cm³/mol. The quantitative estimate of drug-likeness (QED) is 0.790. The Morgan fingerprint density at radius 3 is 2.64 bits per heavy atom. The van der Waals surface area contributed by atoms with Crippen molar-refractivity contribution in [3.63, 3.8) is 0 Å². The van der Waals surface area contributed by atoms with Crippen LogP contribution in [0.15, 0.2) is 6.07 Å². The van der Waals surface area contributed by atoms with Crippen LogP contribution in [-0.4, -0.2) is 26.4 Å². The number of aryl methyl sites for hydroxylation is 2. The number of aromatic nitrogens is 2. The Labute approximate surface area is 85.3 Å². The van der Waals surface area contributed by atoms with Crippen LogP contribution in [0.5, 0.6) is 0 Å². The second kappa shape index (κ2) is 3.82. The molecule has 0 aliphatic rings. The molecule has 3 nitrogen and oxygen atoms in total. The molecule has 0 spiro atoms. The minimum Gasteiger partial charge on any atom is -0.385 e. The van der Waals surface area contributed by atoms with Gasteiger partial charge in [0.05, 0.1) is 5.69 Å². The summed E-state index contributed by atoms with van der Waals surface area (Å²) in [4.78, 5) is 0. The summed E-state index contributed by atoms with van der Waals surface area (Å²) in [6.07, 6.45) is -2.10. The second-order valence-corrected chi connectivity index (χ2v) is 3.67. The number of halogens is 3. The van der Waals surface area contributed by atoms with Crippen LogP contribution in [0.25, 0.3) is 0 Å². The van der Waals surface area contributed by atoms with Crippen molar-refractivity contribution in [3.8, 4) is 0 Å². The highest BCUT2D eigenvalue weighted by molar-refractivity contribution is 6.22. The zero-order chi connectivity index (χ0) is 10.9. The van der Waals surface area contributed by atoms with Crippen LogP contribution < -0.4 is 0 Å². The van der Waals surface area contributed by atoms with Gasteiger partial charge >= 0.3 is 5.38 Å². The molecule has 1 atom stereocenters. The highest BCUT2D eigenvalue weighted by atomic mass is 35.5. The maximum atomic E-state index is 12.4. The Morgan fingerprint density at radius 1 is 1.71 bits per heavy atom. The predicted octanol–water partition coefficient (Wildman–Crippen LogP) is 1.46. The van der Waals surface area contributed by atoms with E-state index in [1.54, 1.807) is 20.0 Å². The molecule has 1 rings (SSSR count). The summed E-state index contributed by atoms with van der Waals surface area (Å²) in [6, 6.07) is 1.63. The summed E-state index contributed by atoms with van der Waals surface area (Å²) in [5.74, 6) is 0. The lowest BCUT2D eigenvalue weighted by Crippen LogP contribution is -2.30. The molecule has 0 amide bonds. The maximum Gasteiger partial charge on any atom is 0.347 e. The number of aliphatic hydroxyl groups excluding tert-OH is 1. The molecule has 1 aromatic rings. The van der Waals surface area contributed by atoms with Crippen molar-refractivity contribution in [2.24, 2.45) is 7.05 Å². The van der Waals surface area contributed by atoms with Gasteiger partial charge in [0.25, 0.3) is 0 Å². The Kier molecular flexibility index (Phi) is 3.11. The summed E-state index contributed by atoms with van der Waals surface area (Å²) in [5, 5.41) is 9.41. The lowest BCUT2D eigenvalue weighted by molar-refractivity contribution is -0.0405. The van der Waals surface area contributed by atoms with Crippen LogP contribution in [0.3, 0.4) is 0 Å². The standard InChI is InChI=1S/C8H11ClF2N2O/c1-5-3-6(13(2)12-5)4-7(14)8(9,10)11/h3,7,14H,4H2,1-2H3. The molecule has 80 valence electrons. The van der Waals surface area contributed by atoms with Crippen molar-refractivity contribution in [2.45, 2.75) is 24.8 Å². The maximum absolute atomic E-state index is 12.4. The number of hydrogen-bond donors (Lipinski definition) is 1. The molecule has 0 aliphatic carbocycles. The molecule has 0 saturated heterocycles. The van der Waals surface area contributed by atoms with Crippen LogP contribution in [0.2, 0.25) is 0 Å². The third-order valence-corrected chi connectivity index (χ3v) is 2.13. The fourth-order valence-electron chi connectivity index (χ4n) is 1.17. The van der Waals surface area contributed by atoms with Crippen molar-refractivity contribution in [1.29, 1.82) is 0 Å². The van der Waals surface area contributed by atoms with Gasteiger partial charge < -0.3 is 5.11 Å². The third kappa shape index (κ3) is 2.65. The van der Waals surface area contributed by atoms with E-state index in [0.717, 1.165) is 0 Å². The van der Waals surface area contributed by atoms with Crippen molar-refractivity contribution >= 4 is 11.6 Å². The summed E-state index contributed by atoms with van der Waals surface area (Å²) in [5.41, 5.74) is 1.24. The first-order chi connectivity index (χ1) is 6.30. The van der Waals surface area contributed by atoms with E-state index in [4.69, 9.17) is 5.11 Å². The normalized spacial score (nSPS) is 14.4. The summed E-state index contributed by atoms with van der Waals surface area (Å²) in [7, 11) is 1.63. The molecular formula is C8H11ClF2N2O. The van der Waals surface area contributed by atoms with E-state index in [-0.39, 0.29) is 6.42 Å². The monoisotopic (exact) mass is 224 g/mol. The van der Waals surface area contributed by atoms with Crippen molar-refractivity contribution in [1.82, 2.24) is 9.78 Å². The van der Waals surface area contributed by atoms with Crippen LogP contribution >= 0.6 is 11.6 Å². The van der Waals surface area contributed by atoms with E-state index in [0.29, 0.717) is 11.4 Å². The third-order valence-electron chi connectivity index (χ3n) is 1.88. The molecular weight excluding hydrogens is 214 g/mol. The van der Waals surface area contributed by atoms with E-state index in [1.807, 2.05) is 0 Å². The van der Waals surface area contributed by atoms with Gasteiger partial charge in [0.1, 0.15) is 6.10 Å². The van der Waals surface area contributed by atoms with E-state index in [1.165, 1.54) is 4.68 Å². The fourth-order valence-corrected chi connectivity index (χ4v) is 1.25. The number of rotatable bonds is 3. The van der Waals surface area contributed by atoms with E-state index in [2.05, 4.69) is 16.7 Å². The Hall–Kier alpha value is -0.680. The van der Waals surface area contributed by atoms with Gasteiger partial charge in [0.15, 0.2) is 0 Å². The van der Waals surface area contributed by atoms with Gasteiger partial charge in [-0.25, -0.2) is 0 Å². The Balaban J connectivity index is 2.74. The van der Waals surface area contributed by atoms with Gasteiger partial charge in [-0.2, -0.15) is 13.9 Å². The first-order valence-corrected chi connectivity index (χ1v) is 4.43. The van der Waals surface area contributed by atoms with Gasteiger partial charge in [-0.1, -0.05) is 0 Å². The second-order valence-electron chi connectivity index (χ2n) is 3.16. The zero-order valence-electron chi connectivity index (χ0n) is 7.84. The van der Waals surface area contributed by atoms with Gasteiger partial charge in [0.2, 0.25) is 0 Å². The smallest absolute Gasteiger partial charge is 0.347 e. The summed E-state index contributed by atoms with van der Waals surface area (Å²) < 4.78 is 26.3. The Bertz CT molecular complexity index is 322. The zero-order valence-corrected chi connectivity index (χ0v) is 8.59. The molecule has 0 aromatic carbocycles. The van der Waals surface area contributed by atoms with E-state index < -0.39 is 11.5 Å². The minimum atomic E-state index is -3.60. The molecule has 1 unspecified atom stereocenters. The van der Waals surface area contributed by atoms with Crippen molar-refractivity contribution in [2.75, 3.05) is 0 Å². The van der Waals surface area contributed by atoms with E-state index >= 15 is 0 Å². The molecule has 1 N–H and O–H groups in total. The van der Waals surface area contributed by atoms with E-state index in [9.17, 15) is 8.78 Å². The Morgan fingerprint density at radius 2 is 2.29 bits per heavy atom. The molecule has 1 heterocycles. The number of alkyl halides is 3. The van der Waals surface area contributed by atoms with Crippen LogP contribution in [-0.2, 0) is 13.5 Å². The minimum absolute atomic E-state index is 0.214. The van der Waals surface area contributed by atoms with Gasteiger partial charge in [-0.3, -0.25) is 4.68 Å². The molecule has 0 saturated carbocycles.